The minimum atomic E-state index is -0.846. The van der Waals surface area contributed by atoms with Crippen molar-refractivity contribution < 1.29 is 22.8 Å². The topological polar surface area (TPSA) is 73.5 Å². The molecule has 158 valence electrons. The Balaban J connectivity index is 1.47. The molecular formula is C21H22F2N4O3. The highest BCUT2D eigenvalue weighted by atomic mass is 19.2. The molecule has 0 radical (unpaired) electrons. The Morgan fingerprint density at radius 1 is 1.17 bits per heavy atom. The van der Waals surface area contributed by atoms with Gasteiger partial charge in [-0.1, -0.05) is 11.2 Å². The van der Waals surface area contributed by atoms with E-state index in [1.54, 1.807) is 31.5 Å². The number of rotatable bonds is 8. The van der Waals surface area contributed by atoms with Gasteiger partial charge in [-0.2, -0.15) is 4.98 Å². The second-order valence-corrected chi connectivity index (χ2v) is 7.06. The molecule has 0 amide bonds. The van der Waals surface area contributed by atoms with Gasteiger partial charge in [0.05, 0.1) is 12.6 Å². The van der Waals surface area contributed by atoms with Gasteiger partial charge < -0.3 is 14.0 Å². The first-order valence-corrected chi connectivity index (χ1v) is 9.74. The van der Waals surface area contributed by atoms with Crippen molar-refractivity contribution in [1.29, 1.82) is 0 Å². The van der Waals surface area contributed by atoms with Crippen LogP contribution in [0.5, 0.6) is 5.88 Å². The van der Waals surface area contributed by atoms with Crippen LogP contribution in [0.25, 0.3) is 11.4 Å². The van der Waals surface area contributed by atoms with Crippen LogP contribution in [0.15, 0.2) is 41.1 Å². The summed E-state index contributed by atoms with van der Waals surface area (Å²) in [7, 11) is 1.60. The van der Waals surface area contributed by atoms with Crippen molar-refractivity contribution in [2.24, 2.45) is 0 Å². The minimum absolute atomic E-state index is 0.0707. The number of methoxy groups -OCH3 is 1. The Kier molecular flexibility index (Phi) is 6.29. The molecule has 2 aromatic heterocycles. The van der Waals surface area contributed by atoms with Crippen LogP contribution in [0, 0.1) is 11.6 Å². The molecule has 0 spiro atoms. The maximum atomic E-state index is 13.5. The number of hydrogen-bond donors (Lipinski definition) is 0. The first-order chi connectivity index (χ1) is 14.6. The third-order valence-electron chi connectivity index (χ3n) is 4.99. The van der Waals surface area contributed by atoms with Crippen LogP contribution in [-0.4, -0.2) is 46.9 Å². The largest absolute Gasteiger partial charge is 0.475 e. The molecule has 0 aliphatic carbocycles. The van der Waals surface area contributed by atoms with Gasteiger partial charge in [0.1, 0.15) is 6.61 Å². The molecule has 1 atom stereocenters. The second kappa shape index (κ2) is 9.27. The summed E-state index contributed by atoms with van der Waals surface area (Å²) in [6.45, 7) is 2.15. The fourth-order valence-electron chi connectivity index (χ4n) is 3.51. The minimum Gasteiger partial charge on any atom is -0.475 e. The fourth-order valence-corrected chi connectivity index (χ4v) is 3.51. The van der Waals surface area contributed by atoms with Gasteiger partial charge in [0.2, 0.25) is 17.6 Å². The second-order valence-electron chi connectivity index (χ2n) is 7.06. The number of hydrogen-bond acceptors (Lipinski definition) is 7. The number of ether oxygens (including phenoxy) is 2. The van der Waals surface area contributed by atoms with Crippen molar-refractivity contribution in [3.8, 4) is 17.3 Å². The van der Waals surface area contributed by atoms with Crippen molar-refractivity contribution in [2.75, 3.05) is 26.9 Å². The molecule has 3 heterocycles. The molecule has 1 aliphatic heterocycles. The average molecular weight is 416 g/mol. The van der Waals surface area contributed by atoms with Crippen molar-refractivity contribution in [3.05, 3.63) is 59.6 Å². The fraction of sp³-hybridized carbons (Fsp3) is 0.381. The smallest absolute Gasteiger partial charge is 0.244 e. The standard InChI is InChI=1S/C21H22F2N4O3/c1-28-9-10-29-19-12-15(6-7-24-19)20-25-21(30-26-20)18-3-2-8-27(18)13-14-4-5-16(22)17(23)11-14/h4-7,11-12,18H,2-3,8-10,13H2,1H3/t18-/m1/s1. The van der Waals surface area contributed by atoms with Crippen LogP contribution in [0.1, 0.15) is 30.3 Å². The van der Waals surface area contributed by atoms with E-state index in [1.165, 1.54) is 6.07 Å². The lowest BCUT2D eigenvalue weighted by atomic mass is 10.1. The van der Waals surface area contributed by atoms with Crippen molar-refractivity contribution in [1.82, 2.24) is 20.0 Å². The average Bonchev–Trinajstić information content (AvgIpc) is 3.41. The van der Waals surface area contributed by atoms with E-state index in [0.29, 0.717) is 42.9 Å². The SMILES string of the molecule is COCCOc1cc(-c2noc([C@H]3CCCN3Cc3ccc(F)c(F)c3)n2)ccn1. The zero-order chi connectivity index (χ0) is 20.9. The Labute approximate surface area is 172 Å². The van der Waals surface area contributed by atoms with Crippen molar-refractivity contribution in [2.45, 2.75) is 25.4 Å². The van der Waals surface area contributed by atoms with Gasteiger partial charge in [0, 0.05) is 31.5 Å². The molecule has 0 N–H and O–H groups in total. The van der Waals surface area contributed by atoms with Gasteiger partial charge in [-0.15, -0.1) is 0 Å². The predicted octanol–water partition coefficient (Wildman–Crippen LogP) is 3.77. The van der Waals surface area contributed by atoms with Gasteiger partial charge in [-0.05, 0) is 43.1 Å². The molecular weight excluding hydrogens is 394 g/mol. The number of likely N-dealkylation sites (tertiary alicyclic amines) is 1. The molecule has 7 nitrogen and oxygen atoms in total. The summed E-state index contributed by atoms with van der Waals surface area (Å²) in [6, 6.07) is 7.43. The highest BCUT2D eigenvalue weighted by Crippen LogP contribution is 2.33. The summed E-state index contributed by atoms with van der Waals surface area (Å²) in [5.41, 5.74) is 1.44. The molecule has 3 aromatic rings. The van der Waals surface area contributed by atoms with E-state index in [0.717, 1.165) is 31.0 Å². The third kappa shape index (κ3) is 4.63. The van der Waals surface area contributed by atoms with E-state index in [4.69, 9.17) is 14.0 Å². The molecule has 4 rings (SSSR count). The monoisotopic (exact) mass is 416 g/mol. The normalized spacial score (nSPS) is 16.8. The van der Waals surface area contributed by atoms with E-state index < -0.39 is 11.6 Å². The maximum absolute atomic E-state index is 13.5. The van der Waals surface area contributed by atoms with E-state index >= 15 is 0 Å². The molecule has 1 fully saturated rings. The van der Waals surface area contributed by atoms with Crippen LogP contribution < -0.4 is 4.74 Å². The van der Waals surface area contributed by atoms with Gasteiger partial charge >= 0.3 is 0 Å². The zero-order valence-corrected chi connectivity index (χ0v) is 16.6. The summed E-state index contributed by atoms with van der Waals surface area (Å²) in [5.74, 6) is -0.283. The van der Waals surface area contributed by atoms with E-state index in [-0.39, 0.29) is 6.04 Å². The van der Waals surface area contributed by atoms with E-state index in [1.807, 2.05) is 0 Å². The zero-order valence-electron chi connectivity index (χ0n) is 16.6. The third-order valence-corrected chi connectivity index (χ3v) is 4.99. The van der Waals surface area contributed by atoms with Crippen LogP contribution in [0.2, 0.25) is 0 Å². The molecule has 0 saturated carbocycles. The molecule has 0 bridgehead atoms. The summed E-state index contributed by atoms with van der Waals surface area (Å²) in [4.78, 5) is 10.9. The van der Waals surface area contributed by atoms with Gasteiger partial charge in [0.25, 0.3) is 0 Å². The number of nitrogens with zero attached hydrogens (tertiary/aromatic N) is 4. The Hall–Kier alpha value is -2.91. The van der Waals surface area contributed by atoms with E-state index in [9.17, 15) is 8.78 Å². The molecule has 1 aromatic carbocycles. The summed E-state index contributed by atoms with van der Waals surface area (Å²) in [6.07, 6.45) is 3.43. The molecule has 1 saturated heterocycles. The molecule has 0 unspecified atom stereocenters. The Morgan fingerprint density at radius 2 is 2.07 bits per heavy atom. The van der Waals surface area contributed by atoms with Crippen LogP contribution >= 0.6 is 0 Å². The van der Waals surface area contributed by atoms with Crippen LogP contribution in [0.4, 0.5) is 8.78 Å². The lowest BCUT2D eigenvalue weighted by Crippen LogP contribution is -2.23. The molecule has 1 aliphatic rings. The Morgan fingerprint density at radius 3 is 2.90 bits per heavy atom. The number of benzene rings is 1. The Bertz CT molecular complexity index is 998. The number of halogens is 2. The first kappa shape index (κ1) is 20.4. The summed E-state index contributed by atoms with van der Waals surface area (Å²) < 4.78 is 42.8. The van der Waals surface area contributed by atoms with Crippen LogP contribution in [-0.2, 0) is 11.3 Å². The van der Waals surface area contributed by atoms with Crippen LogP contribution in [0.3, 0.4) is 0 Å². The highest BCUT2D eigenvalue weighted by molar-refractivity contribution is 5.55. The summed E-state index contributed by atoms with van der Waals surface area (Å²) >= 11 is 0. The highest BCUT2D eigenvalue weighted by Gasteiger charge is 2.31. The number of aromatic nitrogens is 3. The quantitative estimate of drug-likeness (QED) is 0.518. The van der Waals surface area contributed by atoms with Crippen molar-refractivity contribution in [3.63, 3.8) is 0 Å². The first-order valence-electron chi connectivity index (χ1n) is 9.74. The molecule has 9 heteroatoms. The van der Waals surface area contributed by atoms with E-state index in [2.05, 4.69) is 20.0 Å². The predicted molar refractivity (Wildman–Crippen MR) is 104 cm³/mol. The van der Waals surface area contributed by atoms with Gasteiger partial charge in [-0.3, -0.25) is 4.90 Å². The van der Waals surface area contributed by atoms with Gasteiger partial charge in [-0.25, -0.2) is 13.8 Å². The maximum Gasteiger partial charge on any atom is 0.244 e. The lowest BCUT2D eigenvalue weighted by molar-refractivity contribution is 0.144. The van der Waals surface area contributed by atoms with Gasteiger partial charge in [0.15, 0.2) is 11.6 Å². The number of pyridine rings is 1. The molecule has 30 heavy (non-hydrogen) atoms. The van der Waals surface area contributed by atoms with Crippen molar-refractivity contribution >= 4 is 0 Å². The lowest BCUT2D eigenvalue weighted by Gasteiger charge is -2.21. The summed E-state index contributed by atoms with van der Waals surface area (Å²) in [5, 5.41) is 4.11.